The van der Waals surface area contributed by atoms with Crippen LogP contribution in [-0.4, -0.2) is 32.1 Å². The van der Waals surface area contributed by atoms with Crippen molar-refractivity contribution in [3.63, 3.8) is 0 Å². The van der Waals surface area contributed by atoms with Crippen LogP contribution in [0.1, 0.15) is 17.4 Å². The number of rotatable bonds is 4. The van der Waals surface area contributed by atoms with Crippen molar-refractivity contribution < 1.29 is 19.0 Å². The molecule has 0 saturated heterocycles. The molecule has 0 fully saturated rings. The van der Waals surface area contributed by atoms with E-state index in [9.17, 15) is 4.79 Å². The van der Waals surface area contributed by atoms with Gasteiger partial charge in [-0.05, 0) is 0 Å². The molecule has 0 saturated carbocycles. The Balaban J connectivity index is 3.35. The van der Waals surface area contributed by atoms with E-state index in [1.807, 2.05) is 0 Å². The summed E-state index contributed by atoms with van der Waals surface area (Å²) < 4.78 is 15.1. The third kappa shape index (κ3) is 2.18. The number of ether oxygens (including phenoxy) is 3. The first-order valence-corrected chi connectivity index (χ1v) is 4.32. The summed E-state index contributed by atoms with van der Waals surface area (Å²) in [5.41, 5.74) is 0.282. The maximum Gasteiger partial charge on any atom is 0.261 e. The van der Waals surface area contributed by atoms with Gasteiger partial charge in [-0.25, -0.2) is 4.98 Å². The van der Waals surface area contributed by atoms with E-state index in [1.165, 1.54) is 34.3 Å². The smallest absolute Gasteiger partial charge is 0.261 e. The van der Waals surface area contributed by atoms with Crippen LogP contribution in [0.4, 0.5) is 0 Å². The lowest BCUT2D eigenvalue weighted by Gasteiger charge is -2.11. The lowest BCUT2D eigenvalue weighted by atomic mass is 10.2. The summed E-state index contributed by atoms with van der Waals surface area (Å²) >= 11 is 0. The molecule has 0 aromatic carbocycles. The summed E-state index contributed by atoms with van der Waals surface area (Å²) in [7, 11) is 4.42. The highest BCUT2D eigenvalue weighted by Gasteiger charge is 2.16. The van der Waals surface area contributed by atoms with Gasteiger partial charge in [-0.1, -0.05) is 0 Å². The maximum atomic E-state index is 11.2. The summed E-state index contributed by atoms with van der Waals surface area (Å²) in [6, 6.07) is 1.52. The van der Waals surface area contributed by atoms with Gasteiger partial charge in [0.05, 0.1) is 21.3 Å². The number of ketones is 1. The zero-order valence-corrected chi connectivity index (χ0v) is 9.16. The average molecular weight is 211 g/mol. The van der Waals surface area contributed by atoms with Crippen LogP contribution in [0.5, 0.6) is 17.4 Å². The van der Waals surface area contributed by atoms with Crippen LogP contribution < -0.4 is 14.2 Å². The zero-order chi connectivity index (χ0) is 11.4. The van der Waals surface area contributed by atoms with Crippen LogP contribution in [0.25, 0.3) is 0 Å². The van der Waals surface area contributed by atoms with Crippen molar-refractivity contribution in [2.45, 2.75) is 6.92 Å². The van der Waals surface area contributed by atoms with Crippen molar-refractivity contribution in [2.24, 2.45) is 0 Å². The number of aromatic nitrogens is 1. The molecule has 0 bridgehead atoms. The number of nitrogens with zero attached hydrogens (tertiary/aromatic N) is 1. The topological polar surface area (TPSA) is 57.7 Å². The van der Waals surface area contributed by atoms with E-state index in [4.69, 9.17) is 14.2 Å². The Morgan fingerprint density at radius 2 is 1.87 bits per heavy atom. The Bertz CT molecular complexity index is 351. The minimum atomic E-state index is -0.158. The predicted molar refractivity (Wildman–Crippen MR) is 53.9 cm³/mol. The Kier molecular flexibility index (Phi) is 3.49. The highest BCUT2D eigenvalue weighted by atomic mass is 16.5. The maximum absolute atomic E-state index is 11.2. The van der Waals surface area contributed by atoms with Gasteiger partial charge >= 0.3 is 0 Å². The predicted octanol–water partition coefficient (Wildman–Crippen LogP) is 1.31. The number of methoxy groups -OCH3 is 3. The number of hydrogen-bond donors (Lipinski definition) is 0. The molecule has 5 heteroatoms. The third-order valence-corrected chi connectivity index (χ3v) is 1.89. The van der Waals surface area contributed by atoms with Crippen LogP contribution in [0.2, 0.25) is 0 Å². The van der Waals surface area contributed by atoms with E-state index in [0.29, 0.717) is 11.5 Å². The number of pyridine rings is 1. The molecule has 0 spiro atoms. The normalized spacial score (nSPS) is 9.60. The summed E-state index contributed by atoms with van der Waals surface area (Å²) in [6.07, 6.45) is 0. The second kappa shape index (κ2) is 4.63. The van der Waals surface area contributed by atoms with Crippen molar-refractivity contribution in [3.05, 3.63) is 11.8 Å². The molecule has 82 valence electrons. The molecule has 0 atom stereocenters. The van der Waals surface area contributed by atoms with Gasteiger partial charge in [0.2, 0.25) is 5.75 Å². The molecule has 1 heterocycles. The highest BCUT2D eigenvalue weighted by molar-refractivity contribution is 5.93. The van der Waals surface area contributed by atoms with Crippen molar-refractivity contribution in [3.8, 4) is 17.4 Å². The SMILES string of the molecule is COc1cc(C(C)=O)nc(OC)c1OC. The quantitative estimate of drug-likeness (QED) is 0.703. The fourth-order valence-electron chi connectivity index (χ4n) is 1.15. The summed E-state index contributed by atoms with van der Waals surface area (Å²) in [4.78, 5) is 15.2. The second-order valence-corrected chi connectivity index (χ2v) is 2.81. The Labute approximate surface area is 88.0 Å². The van der Waals surface area contributed by atoms with E-state index >= 15 is 0 Å². The van der Waals surface area contributed by atoms with Crippen molar-refractivity contribution in [2.75, 3.05) is 21.3 Å². The largest absolute Gasteiger partial charge is 0.493 e. The molecular formula is C10H13NO4. The molecule has 1 rings (SSSR count). The molecule has 0 amide bonds. The lowest BCUT2D eigenvalue weighted by molar-refractivity contribution is 0.101. The molecule has 1 aromatic rings. The minimum absolute atomic E-state index is 0.158. The molecule has 1 aromatic heterocycles. The number of hydrogen-bond acceptors (Lipinski definition) is 5. The molecule has 0 N–H and O–H groups in total. The van der Waals surface area contributed by atoms with Crippen LogP contribution in [-0.2, 0) is 0 Å². The van der Waals surface area contributed by atoms with Crippen molar-refractivity contribution >= 4 is 5.78 Å². The lowest BCUT2D eigenvalue weighted by Crippen LogP contribution is -2.03. The minimum Gasteiger partial charge on any atom is -0.493 e. The van der Waals surface area contributed by atoms with Gasteiger partial charge in [0, 0.05) is 13.0 Å². The molecule has 0 aliphatic carbocycles. The van der Waals surface area contributed by atoms with E-state index in [2.05, 4.69) is 4.98 Å². The summed E-state index contributed by atoms with van der Waals surface area (Å²) in [5, 5.41) is 0. The highest BCUT2D eigenvalue weighted by Crippen LogP contribution is 2.35. The van der Waals surface area contributed by atoms with E-state index in [0.717, 1.165) is 0 Å². The number of carbonyl (C=O) groups is 1. The van der Waals surface area contributed by atoms with Gasteiger partial charge in [-0.3, -0.25) is 4.79 Å². The second-order valence-electron chi connectivity index (χ2n) is 2.81. The van der Waals surface area contributed by atoms with Gasteiger partial charge in [-0.15, -0.1) is 0 Å². The fraction of sp³-hybridized carbons (Fsp3) is 0.400. The van der Waals surface area contributed by atoms with Gasteiger partial charge in [0.25, 0.3) is 5.88 Å². The van der Waals surface area contributed by atoms with E-state index in [1.54, 1.807) is 0 Å². The number of Topliss-reactive ketones (excluding diaryl/α,β-unsaturated/α-hetero) is 1. The molecule has 0 aliphatic heterocycles. The zero-order valence-electron chi connectivity index (χ0n) is 9.16. The van der Waals surface area contributed by atoms with Crippen molar-refractivity contribution in [1.82, 2.24) is 4.98 Å². The monoisotopic (exact) mass is 211 g/mol. The molecule has 15 heavy (non-hydrogen) atoms. The van der Waals surface area contributed by atoms with Gasteiger partial charge < -0.3 is 14.2 Å². The fourth-order valence-corrected chi connectivity index (χ4v) is 1.15. The number of carbonyl (C=O) groups excluding carboxylic acids is 1. The molecule has 0 unspecified atom stereocenters. The van der Waals surface area contributed by atoms with Crippen LogP contribution >= 0.6 is 0 Å². The summed E-state index contributed by atoms with van der Waals surface area (Å²) in [6.45, 7) is 1.42. The van der Waals surface area contributed by atoms with Gasteiger partial charge in [0.1, 0.15) is 5.69 Å². The molecule has 0 aliphatic rings. The molecular weight excluding hydrogens is 198 g/mol. The Hall–Kier alpha value is -1.78. The van der Waals surface area contributed by atoms with Gasteiger partial charge in [-0.2, -0.15) is 0 Å². The first-order valence-electron chi connectivity index (χ1n) is 4.32. The average Bonchev–Trinajstić information content (AvgIpc) is 2.26. The van der Waals surface area contributed by atoms with Crippen molar-refractivity contribution in [1.29, 1.82) is 0 Å². The van der Waals surface area contributed by atoms with Crippen LogP contribution in [0, 0.1) is 0 Å². The summed E-state index contributed by atoms with van der Waals surface area (Å²) in [5.74, 6) is 0.885. The third-order valence-electron chi connectivity index (χ3n) is 1.89. The van der Waals surface area contributed by atoms with E-state index < -0.39 is 0 Å². The van der Waals surface area contributed by atoms with Gasteiger partial charge in [0.15, 0.2) is 11.5 Å². The van der Waals surface area contributed by atoms with Crippen LogP contribution in [0.15, 0.2) is 6.07 Å². The Morgan fingerprint density at radius 1 is 1.20 bits per heavy atom. The standard InChI is InChI=1S/C10H13NO4/c1-6(12)7-5-8(13-2)9(14-3)10(11-7)15-4/h5H,1-4H3. The first kappa shape index (κ1) is 11.3. The molecule has 5 nitrogen and oxygen atoms in total. The Morgan fingerprint density at radius 3 is 2.27 bits per heavy atom. The molecule has 0 radical (unpaired) electrons. The van der Waals surface area contributed by atoms with E-state index in [-0.39, 0.29) is 17.4 Å². The first-order chi connectivity index (χ1) is 7.13. The van der Waals surface area contributed by atoms with Crippen LogP contribution in [0.3, 0.4) is 0 Å².